The summed E-state index contributed by atoms with van der Waals surface area (Å²) in [6.07, 6.45) is 1.69. The first-order chi connectivity index (χ1) is 14.1. The topological polar surface area (TPSA) is 96.1 Å². The summed E-state index contributed by atoms with van der Waals surface area (Å²) < 4.78 is 5.91. The molecule has 3 N–H and O–H groups in total. The summed E-state index contributed by atoms with van der Waals surface area (Å²) in [6.45, 7) is 2.55. The number of fused-ring (bicyclic) bond motifs is 4. The number of para-hydroxylation sites is 1. The second-order valence-corrected chi connectivity index (χ2v) is 6.99. The zero-order chi connectivity index (χ0) is 20.0. The average molecular weight is 386 g/mol. The summed E-state index contributed by atoms with van der Waals surface area (Å²) >= 11 is 0. The Balaban J connectivity index is 1.73. The van der Waals surface area contributed by atoms with Gasteiger partial charge in [-0.2, -0.15) is 0 Å². The maximum absolute atomic E-state index is 12.7. The van der Waals surface area contributed by atoms with Gasteiger partial charge in [-0.1, -0.05) is 12.1 Å². The van der Waals surface area contributed by atoms with Gasteiger partial charge in [-0.25, -0.2) is 4.98 Å². The van der Waals surface area contributed by atoms with E-state index in [1.165, 1.54) is 0 Å². The smallest absolute Gasteiger partial charge is 0.258 e. The molecule has 2 aliphatic heterocycles. The molecular formula is C22H18N4O3. The molecule has 1 aromatic carbocycles. The standard InChI is InChI=1S/C22H18N4O3/c1-12-10-14-18(24-12)11-15-20-17(26-22(15)28)7-6-16(25-20)13-4-2-3-5-19(13)29-9-8-23-21(14)27/h2-7,10-11,24H,8-9H2,1H3,(H,23,27)(H,26,28)/b15-11-. The molecule has 0 spiro atoms. The minimum absolute atomic E-state index is 0.226. The molecule has 2 bridgehead atoms. The van der Waals surface area contributed by atoms with E-state index in [2.05, 4.69) is 15.6 Å². The SMILES string of the molecule is Cc1cc2c([nH]1)/C=C1\C(=O)Nc3ccc(nc31)-c1ccccc1OCCNC2=O. The summed E-state index contributed by atoms with van der Waals surface area (Å²) in [5.41, 5.74) is 5.03. The van der Waals surface area contributed by atoms with Crippen LogP contribution in [0.5, 0.6) is 5.75 Å². The molecule has 144 valence electrons. The van der Waals surface area contributed by atoms with Crippen LogP contribution in [0, 0.1) is 6.92 Å². The number of aromatic nitrogens is 2. The van der Waals surface area contributed by atoms with Crippen LogP contribution < -0.4 is 15.4 Å². The Bertz CT molecular complexity index is 1190. The van der Waals surface area contributed by atoms with E-state index in [0.717, 1.165) is 11.3 Å². The number of carbonyl (C=O) groups excluding carboxylic acids is 2. The van der Waals surface area contributed by atoms with Gasteiger partial charge in [-0.15, -0.1) is 0 Å². The van der Waals surface area contributed by atoms with Crippen molar-refractivity contribution in [3.63, 3.8) is 0 Å². The van der Waals surface area contributed by atoms with Crippen LogP contribution in [-0.2, 0) is 4.79 Å². The van der Waals surface area contributed by atoms with E-state index in [1.54, 1.807) is 12.1 Å². The van der Waals surface area contributed by atoms with Crippen LogP contribution in [0.25, 0.3) is 22.9 Å². The quantitative estimate of drug-likeness (QED) is 0.553. The maximum Gasteiger partial charge on any atom is 0.258 e. The van der Waals surface area contributed by atoms with Crippen molar-refractivity contribution in [2.45, 2.75) is 6.92 Å². The molecule has 7 nitrogen and oxygen atoms in total. The summed E-state index contributed by atoms with van der Waals surface area (Å²) in [7, 11) is 0. The Morgan fingerprint density at radius 3 is 2.79 bits per heavy atom. The van der Waals surface area contributed by atoms with Crippen molar-refractivity contribution in [2.24, 2.45) is 0 Å². The van der Waals surface area contributed by atoms with Crippen molar-refractivity contribution < 1.29 is 14.3 Å². The van der Waals surface area contributed by atoms with Gasteiger partial charge in [0.15, 0.2) is 0 Å². The molecule has 2 amide bonds. The number of H-pyrrole nitrogens is 1. The van der Waals surface area contributed by atoms with Gasteiger partial charge in [0.05, 0.1) is 34.8 Å². The molecular weight excluding hydrogens is 368 g/mol. The number of carbonyl (C=O) groups is 2. The van der Waals surface area contributed by atoms with E-state index < -0.39 is 0 Å². The molecule has 0 atom stereocenters. The van der Waals surface area contributed by atoms with E-state index in [9.17, 15) is 9.59 Å². The molecule has 3 aromatic rings. The van der Waals surface area contributed by atoms with Crippen LogP contribution in [0.1, 0.15) is 27.4 Å². The number of hydrogen-bond donors (Lipinski definition) is 3. The predicted octanol–water partition coefficient (Wildman–Crippen LogP) is 3.00. The van der Waals surface area contributed by atoms with Crippen molar-refractivity contribution >= 4 is 29.2 Å². The number of benzene rings is 1. The fourth-order valence-electron chi connectivity index (χ4n) is 3.63. The minimum Gasteiger partial charge on any atom is -0.491 e. The normalized spacial score (nSPS) is 17.1. The molecule has 0 unspecified atom stereocenters. The molecule has 2 aromatic heterocycles. The van der Waals surface area contributed by atoms with E-state index in [4.69, 9.17) is 9.72 Å². The van der Waals surface area contributed by atoms with Gasteiger partial charge in [-0.3, -0.25) is 9.59 Å². The lowest BCUT2D eigenvalue weighted by molar-refractivity contribution is -0.110. The highest BCUT2D eigenvalue weighted by Gasteiger charge is 2.28. The third kappa shape index (κ3) is 2.97. The molecule has 5 rings (SSSR count). The summed E-state index contributed by atoms with van der Waals surface area (Å²) in [5, 5.41) is 5.71. The third-order valence-corrected chi connectivity index (χ3v) is 4.97. The molecule has 0 aliphatic carbocycles. The van der Waals surface area contributed by atoms with E-state index in [1.807, 2.05) is 43.3 Å². The molecule has 0 fully saturated rings. The van der Waals surface area contributed by atoms with Crippen LogP contribution in [0.2, 0.25) is 0 Å². The Morgan fingerprint density at radius 1 is 1.03 bits per heavy atom. The number of nitrogens with zero attached hydrogens (tertiary/aromatic N) is 1. The number of aryl methyl sites for hydroxylation is 1. The first-order valence-corrected chi connectivity index (χ1v) is 9.34. The van der Waals surface area contributed by atoms with E-state index in [-0.39, 0.29) is 11.8 Å². The number of amides is 2. The Labute approximate surface area is 166 Å². The van der Waals surface area contributed by atoms with Crippen LogP contribution in [0.4, 0.5) is 5.69 Å². The predicted molar refractivity (Wildman–Crippen MR) is 110 cm³/mol. The Morgan fingerprint density at radius 2 is 1.90 bits per heavy atom. The molecule has 29 heavy (non-hydrogen) atoms. The number of rotatable bonds is 0. The second kappa shape index (κ2) is 6.63. The second-order valence-electron chi connectivity index (χ2n) is 6.99. The van der Waals surface area contributed by atoms with Gasteiger partial charge >= 0.3 is 0 Å². The van der Waals surface area contributed by atoms with Crippen LogP contribution in [0.3, 0.4) is 0 Å². The van der Waals surface area contributed by atoms with Crippen molar-refractivity contribution in [3.8, 4) is 17.0 Å². The van der Waals surface area contributed by atoms with Crippen LogP contribution in [-0.4, -0.2) is 34.9 Å². The van der Waals surface area contributed by atoms with Gasteiger partial charge in [0.2, 0.25) is 0 Å². The Hall–Kier alpha value is -3.87. The highest BCUT2D eigenvalue weighted by Crippen LogP contribution is 2.36. The number of ether oxygens (including phenoxy) is 1. The van der Waals surface area contributed by atoms with Gasteiger partial charge in [0.1, 0.15) is 18.1 Å². The zero-order valence-electron chi connectivity index (χ0n) is 15.7. The molecule has 4 heterocycles. The van der Waals surface area contributed by atoms with Gasteiger partial charge in [-0.05, 0) is 43.3 Å². The average Bonchev–Trinajstić information content (AvgIpc) is 3.24. The number of pyridine rings is 1. The van der Waals surface area contributed by atoms with Crippen molar-refractivity contribution in [2.75, 3.05) is 18.5 Å². The molecule has 2 aliphatic rings. The monoisotopic (exact) mass is 386 g/mol. The highest BCUT2D eigenvalue weighted by atomic mass is 16.5. The van der Waals surface area contributed by atoms with Crippen LogP contribution >= 0.6 is 0 Å². The van der Waals surface area contributed by atoms with Gasteiger partial charge in [0, 0.05) is 11.3 Å². The van der Waals surface area contributed by atoms with Crippen molar-refractivity contribution in [3.05, 3.63) is 65.1 Å². The zero-order valence-corrected chi connectivity index (χ0v) is 15.7. The highest BCUT2D eigenvalue weighted by molar-refractivity contribution is 6.34. The number of anilines is 1. The Kier molecular flexibility index (Phi) is 3.94. The summed E-state index contributed by atoms with van der Waals surface area (Å²) in [4.78, 5) is 33.2. The van der Waals surface area contributed by atoms with E-state index >= 15 is 0 Å². The third-order valence-electron chi connectivity index (χ3n) is 4.97. The molecule has 0 radical (unpaired) electrons. The van der Waals surface area contributed by atoms with Gasteiger partial charge in [0.25, 0.3) is 11.8 Å². The molecule has 0 saturated heterocycles. The van der Waals surface area contributed by atoms with Crippen molar-refractivity contribution in [1.29, 1.82) is 0 Å². The van der Waals surface area contributed by atoms with E-state index in [0.29, 0.717) is 52.8 Å². The lowest BCUT2D eigenvalue weighted by atomic mass is 10.1. The summed E-state index contributed by atoms with van der Waals surface area (Å²) in [5.74, 6) is 0.197. The summed E-state index contributed by atoms with van der Waals surface area (Å²) in [6, 6.07) is 13.1. The fraction of sp³-hybridized carbons (Fsp3) is 0.136. The van der Waals surface area contributed by atoms with Gasteiger partial charge < -0.3 is 20.4 Å². The van der Waals surface area contributed by atoms with Crippen LogP contribution in [0.15, 0.2) is 42.5 Å². The minimum atomic E-state index is -0.250. The number of nitrogens with one attached hydrogen (secondary N) is 3. The lowest BCUT2D eigenvalue weighted by Gasteiger charge is -2.13. The number of hydrogen-bond acceptors (Lipinski definition) is 4. The first-order valence-electron chi connectivity index (χ1n) is 9.34. The molecule has 0 saturated carbocycles. The number of aromatic amines is 1. The first kappa shape index (κ1) is 17.2. The maximum atomic E-state index is 12.7. The molecule has 7 heteroatoms. The van der Waals surface area contributed by atoms with Crippen molar-refractivity contribution in [1.82, 2.24) is 15.3 Å². The largest absolute Gasteiger partial charge is 0.491 e. The lowest BCUT2D eigenvalue weighted by Crippen LogP contribution is -2.28. The fourth-order valence-corrected chi connectivity index (χ4v) is 3.63.